The van der Waals surface area contributed by atoms with E-state index in [1.54, 1.807) is 24.3 Å². The van der Waals surface area contributed by atoms with Crippen LogP contribution >= 0.6 is 15.9 Å². The molecule has 0 bridgehead atoms. The van der Waals surface area contributed by atoms with Crippen molar-refractivity contribution in [3.8, 4) is 11.5 Å². The summed E-state index contributed by atoms with van der Waals surface area (Å²) in [5, 5.41) is 2.91. The molecule has 2 heterocycles. The number of halogens is 1. The summed E-state index contributed by atoms with van der Waals surface area (Å²) < 4.78 is 38.9. The highest BCUT2D eigenvalue weighted by molar-refractivity contribution is 9.10. The van der Waals surface area contributed by atoms with E-state index in [1.807, 2.05) is 18.2 Å². The average Bonchev–Trinajstić information content (AvgIpc) is 2.73. The zero-order valence-corrected chi connectivity index (χ0v) is 18.7. The molecule has 2 aliphatic heterocycles. The summed E-state index contributed by atoms with van der Waals surface area (Å²) in [6.45, 7) is 1.68. The van der Waals surface area contributed by atoms with Crippen molar-refractivity contribution in [1.29, 1.82) is 0 Å². The lowest BCUT2D eigenvalue weighted by Gasteiger charge is -2.30. The molecule has 4 rings (SSSR count). The Morgan fingerprint density at radius 3 is 2.53 bits per heavy atom. The smallest absolute Gasteiger partial charge is 0.227 e. The molecule has 160 valence electrons. The predicted octanol–water partition coefficient (Wildman–Crippen LogP) is 3.40. The van der Waals surface area contributed by atoms with Gasteiger partial charge in [0.25, 0.3) is 0 Å². The second-order valence-corrected chi connectivity index (χ2v) is 10.3. The largest absolute Gasteiger partial charge is 0.486 e. The van der Waals surface area contributed by atoms with Crippen molar-refractivity contribution in [2.24, 2.45) is 5.92 Å². The number of hydrogen-bond acceptors (Lipinski definition) is 5. The fraction of sp³-hybridized carbons (Fsp3) is 0.381. The van der Waals surface area contributed by atoms with Gasteiger partial charge in [-0.3, -0.25) is 4.79 Å². The third-order valence-corrected chi connectivity index (χ3v) is 7.61. The van der Waals surface area contributed by atoms with Gasteiger partial charge >= 0.3 is 0 Å². The molecule has 7 nitrogen and oxygen atoms in total. The van der Waals surface area contributed by atoms with Gasteiger partial charge in [0.1, 0.15) is 13.2 Å². The Morgan fingerprint density at radius 2 is 1.80 bits per heavy atom. The van der Waals surface area contributed by atoms with Gasteiger partial charge in [0.15, 0.2) is 11.5 Å². The van der Waals surface area contributed by atoms with E-state index >= 15 is 0 Å². The van der Waals surface area contributed by atoms with Crippen molar-refractivity contribution in [2.75, 3.05) is 31.6 Å². The maximum Gasteiger partial charge on any atom is 0.227 e. The van der Waals surface area contributed by atoms with Crippen molar-refractivity contribution >= 4 is 37.5 Å². The number of piperidine rings is 1. The number of anilines is 1. The SMILES string of the molecule is O=C(Nc1ccc2c(c1)OCCO2)C1CCN(S(=O)(=O)Cc2cccc(Br)c2)CC1. The van der Waals surface area contributed by atoms with Gasteiger partial charge in [0.05, 0.1) is 5.75 Å². The Hall–Kier alpha value is -2.10. The van der Waals surface area contributed by atoms with Crippen molar-refractivity contribution in [1.82, 2.24) is 4.31 Å². The Balaban J connectivity index is 1.33. The third kappa shape index (κ3) is 4.96. The minimum absolute atomic E-state index is 0.0412. The quantitative estimate of drug-likeness (QED) is 0.688. The highest BCUT2D eigenvalue weighted by Crippen LogP contribution is 2.33. The van der Waals surface area contributed by atoms with Crippen molar-refractivity contribution in [3.05, 3.63) is 52.5 Å². The zero-order chi connectivity index (χ0) is 21.1. The average molecular weight is 495 g/mol. The molecule has 0 spiro atoms. The number of hydrogen-bond donors (Lipinski definition) is 1. The number of nitrogens with zero attached hydrogens (tertiary/aromatic N) is 1. The van der Waals surface area contributed by atoms with Crippen LogP contribution < -0.4 is 14.8 Å². The normalized spacial score (nSPS) is 17.5. The van der Waals surface area contributed by atoms with Gasteiger partial charge < -0.3 is 14.8 Å². The van der Waals surface area contributed by atoms with E-state index in [2.05, 4.69) is 21.2 Å². The molecule has 9 heteroatoms. The first kappa shape index (κ1) is 21.1. The summed E-state index contributed by atoms with van der Waals surface area (Å²) in [5.41, 5.74) is 1.39. The molecule has 1 fully saturated rings. The highest BCUT2D eigenvalue weighted by atomic mass is 79.9. The number of rotatable bonds is 5. The number of amides is 1. The number of ether oxygens (including phenoxy) is 2. The van der Waals surface area contributed by atoms with Crippen molar-refractivity contribution < 1.29 is 22.7 Å². The second-order valence-electron chi connectivity index (χ2n) is 7.41. The topological polar surface area (TPSA) is 84.9 Å². The number of nitrogens with one attached hydrogen (secondary N) is 1. The molecule has 0 radical (unpaired) electrons. The van der Waals surface area contributed by atoms with Crippen LogP contribution in [-0.2, 0) is 20.6 Å². The second kappa shape index (κ2) is 8.95. The van der Waals surface area contributed by atoms with Crippen LogP contribution in [-0.4, -0.2) is 44.9 Å². The summed E-state index contributed by atoms with van der Waals surface area (Å²) in [5.74, 6) is 0.919. The van der Waals surface area contributed by atoms with E-state index in [9.17, 15) is 13.2 Å². The summed E-state index contributed by atoms with van der Waals surface area (Å²) in [6.07, 6.45) is 0.988. The summed E-state index contributed by atoms with van der Waals surface area (Å²) in [4.78, 5) is 12.7. The molecule has 2 aromatic rings. The van der Waals surface area contributed by atoms with E-state index in [-0.39, 0.29) is 17.6 Å². The van der Waals surface area contributed by atoms with E-state index in [0.717, 1.165) is 10.0 Å². The number of fused-ring (bicyclic) bond motifs is 1. The number of carbonyl (C=O) groups is 1. The van der Waals surface area contributed by atoms with Crippen LogP contribution in [0.3, 0.4) is 0 Å². The molecular formula is C21H23BrN2O5S. The fourth-order valence-electron chi connectivity index (χ4n) is 3.69. The van der Waals surface area contributed by atoms with Crippen LogP contribution in [0.1, 0.15) is 18.4 Å². The summed E-state index contributed by atoms with van der Waals surface area (Å²) >= 11 is 3.37. The van der Waals surface area contributed by atoms with Gasteiger partial charge in [-0.1, -0.05) is 28.1 Å². The highest BCUT2D eigenvalue weighted by Gasteiger charge is 2.31. The molecule has 0 saturated carbocycles. The molecule has 2 aromatic carbocycles. The number of carbonyl (C=O) groups excluding carboxylic acids is 1. The van der Waals surface area contributed by atoms with Gasteiger partial charge in [0, 0.05) is 35.2 Å². The van der Waals surface area contributed by atoms with Crippen LogP contribution in [0.15, 0.2) is 46.9 Å². The molecule has 1 saturated heterocycles. The lowest BCUT2D eigenvalue weighted by atomic mass is 9.97. The van der Waals surface area contributed by atoms with Crippen molar-refractivity contribution in [3.63, 3.8) is 0 Å². The van der Waals surface area contributed by atoms with Crippen LogP contribution in [0.25, 0.3) is 0 Å². The molecule has 2 aliphatic rings. The molecule has 0 aliphatic carbocycles. The van der Waals surface area contributed by atoms with Crippen molar-refractivity contribution in [2.45, 2.75) is 18.6 Å². The molecule has 30 heavy (non-hydrogen) atoms. The van der Waals surface area contributed by atoms with E-state index in [4.69, 9.17) is 9.47 Å². The minimum Gasteiger partial charge on any atom is -0.486 e. The van der Waals surface area contributed by atoms with Gasteiger partial charge in [-0.15, -0.1) is 0 Å². The third-order valence-electron chi connectivity index (χ3n) is 5.27. The van der Waals surface area contributed by atoms with E-state index in [1.165, 1.54) is 4.31 Å². The lowest BCUT2D eigenvalue weighted by molar-refractivity contribution is -0.120. The first-order valence-corrected chi connectivity index (χ1v) is 12.2. The fourth-order valence-corrected chi connectivity index (χ4v) is 5.69. The first-order valence-electron chi connectivity index (χ1n) is 9.83. The number of sulfonamides is 1. The molecule has 1 N–H and O–H groups in total. The van der Waals surface area contributed by atoms with E-state index < -0.39 is 10.0 Å². The molecule has 1 amide bonds. The molecule has 0 atom stereocenters. The Morgan fingerprint density at radius 1 is 1.07 bits per heavy atom. The molecule has 0 unspecified atom stereocenters. The number of benzene rings is 2. The van der Waals surface area contributed by atoms with Crippen LogP contribution in [0.5, 0.6) is 11.5 Å². The standard InChI is InChI=1S/C21H23BrN2O5S/c22-17-3-1-2-15(12-17)14-30(26,27)24-8-6-16(7-9-24)21(25)23-18-4-5-19-20(13-18)29-11-10-28-19/h1-5,12-13,16H,6-11,14H2,(H,23,25). The predicted molar refractivity (Wildman–Crippen MR) is 117 cm³/mol. The van der Waals surface area contributed by atoms with Crippen LogP contribution in [0.4, 0.5) is 5.69 Å². The monoisotopic (exact) mass is 494 g/mol. The summed E-state index contributed by atoms with van der Waals surface area (Å²) in [6, 6.07) is 12.6. The van der Waals surface area contributed by atoms with Gasteiger partial charge in [-0.05, 0) is 42.7 Å². The molecular weight excluding hydrogens is 472 g/mol. The van der Waals surface area contributed by atoms with Crippen LogP contribution in [0.2, 0.25) is 0 Å². The summed E-state index contributed by atoms with van der Waals surface area (Å²) in [7, 11) is -3.42. The molecule has 0 aromatic heterocycles. The Kier molecular flexibility index (Phi) is 6.31. The lowest BCUT2D eigenvalue weighted by Crippen LogP contribution is -2.41. The first-order chi connectivity index (χ1) is 14.4. The van der Waals surface area contributed by atoms with E-state index in [0.29, 0.717) is 56.3 Å². The Labute approximate surface area is 184 Å². The van der Waals surface area contributed by atoms with Gasteiger partial charge in [-0.25, -0.2) is 12.7 Å². The maximum atomic E-state index is 12.8. The van der Waals surface area contributed by atoms with Gasteiger partial charge in [0.2, 0.25) is 15.9 Å². The zero-order valence-electron chi connectivity index (χ0n) is 16.3. The minimum atomic E-state index is -3.42. The van der Waals surface area contributed by atoms with Crippen LogP contribution in [0, 0.1) is 5.92 Å². The maximum absolute atomic E-state index is 12.8. The van der Waals surface area contributed by atoms with Gasteiger partial charge in [-0.2, -0.15) is 0 Å². The Bertz CT molecular complexity index is 1040.